The number of pyridine rings is 1. The molecule has 1 heterocycles. The second-order valence-electron chi connectivity index (χ2n) is 7.05. The molecule has 1 aliphatic carbocycles. The van der Waals surface area contributed by atoms with E-state index in [0.717, 1.165) is 12.8 Å². The van der Waals surface area contributed by atoms with Crippen LogP contribution in [0.25, 0.3) is 11.1 Å². The van der Waals surface area contributed by atoms with Gasteiger partial charge in [-0.1, -0.05) is 61.5 Å². The van der Waals surface area contributed by atoms with Crippen LogP contribution in [0.4, 0.5) is 0 Å². The maximum atomic E-state index is 4.24. The lowest BCUT2D eigenvalue weighted by atomic mass is 9.81. The number of hydrogen-bond donors (Lipinski definition) is 0. The predicted molar refractivity (Wildman–Crippen MR) is 95.3 cm³/mol. The Morgan fingerprint density at radius 1 is 0.870 bits per heavy atom. The third-order valence-corrected chi connectivity index (χ3v) is 4.91. The van der Waals surface area contributed by atoms with E-state index in [4.69, 9.17) is 0 Å². The Morgan fingerprint density at radius 2 is 1.70 bits per heavy atom. The molecule has 0 saturated heterocycles. The molecule has 3 aromatic rings. The maximum absolute atomic E-state index is 4.24. The van der Waals surface area contributed by atoms with Gasteiger partial charge in [0.1, 0.15) is 0 Å². The lowest BCUT2D eigenvalue weighted by Gasteiger charge is -2.23. The molecule has 0 radical (unpaired) electrons. The van der Waals surface area contributed by atoms with Crippen molar-refractivity contribution in [2.45, 2.75) is 26.2 Å². The fourth-order valence-corrected chi connectivity index (χ4v) is 3.87. The molecule has 2 aromatic carbocycles. The highest BCUT2D eigenvalue weighted by Gasteiger charge is 2.33. The van der Waals surface area contributed by atoms with Crippen LogP contribution in [0.1, 0.15) is 23.6 Å². The van der Waals surface area contributed by atoms with Crippen LogP contribution in [0.3, 0.4) is 0 Å². The molecule has 1 atom stereocenters. The van der Waals surface area contributed by atoms with E-state index in [1.54, 1.807) is 0 Å². The summed E-state index contributed by atoms with van der Waals surface area (Å²) in [5, 5.41) is 0. The first kappa shape index (κ1) is 14.2. The Kier molecular flexibility index (Phi) is 3.49. The minimum Gasteiger partial charge on any atom is -0.264 e. The summed E-state index contributed by atoms with van der Waals surface area (Å²) < 4.78 is 0. The van der Waals surface area contributed by atoms with E-state index in [0.29, 0.717) is 5.41 Å². The van der Waals surface area contributed by atoms with Gasteiger partial charge >= 0.3 is 0 Å². The average Bonchev–Trinajstić information content (AvgIpc) is 2.91. The number of fused-ring (bicyclic) bond motifs is 1. The first-order valence-corrected chi connectivity index (χ1v) is 8.28. The molecule has 1 heteroatoms. The molecule has 0 saturated carbocycles. The van der Waals surface area contributed by atoms with Crippen LogP contribution < -0.4 is 0 Å². The van der Waals surface area contributed by atoms with Crippen LogP contribution in [0.15, 0.2) is 73.1 Å². The topological polar surface area (TPSA) is 12.9 Å². The summed E-state index contributed by atoms with van der Waals surface area (Å²) in [6.07, 6.45) is 7.24. The fraction of sp³-hybridized carbons (Fsp3) is 0.227. The Bertz CT molecular complexity index is 808. The van der Waals surface area contributed by atoms with Crippen molar-refractivity contribution in [1.29, 1.82) is 0 Å². The molecule has 1 aliphatic rings. The van der Waals surface area contributed by atoms with Gasteiger partial charge in [0, 0.05) is 12.4 Å². The van der Waals surface area contributed by atoms with E-state index in [9.17, 15) is 0 Å². The average molecular weight is 299 g/mol. The molecule has 0 N–H and O–H groups in total. The highest BCUT2D eigenvalue weighted by Crippen LogP contribution is 2.40. The van der Waals surface area contributed by atoms with Crippen molar-refractivity contribution in [2.75, 3.05) is 0 Å². The van der Waals surface area contributed by atoms with Crippen LogP contribution >= 0.6 is 0 Å². The molecule has 23 heavy (non-hydrogen) atoms. The molecular formula is C22H21N. The van der Waals surface area contributed by atoms with Crippen molar-refractivity contribution in [3.05, 3.63) is 89.7 Å². The highest BCUT2D eigenvalue weighted by molar-refractivity contribution is 5.64. The van der Waals surface area contributed by atoms with Gasteiger partial charge in [-0.15, -0.1) is 0 Å². The Hall–Kier alpha value is -2.41. The van der Waals surface area contributed by atoms with E-state index < -0.39 is 0 Å². The van der Waals surface area contributed by atoms with Crippen molar-refractivity contribution in [1.82, 2.24) is 4.98 Å². The molecule has 0 amide bonds. The molecule has 0 spiro atoms. The molecule has 0 aliphatic heterocycles. The summed E-state index contributed by atoms with van der Waals surface area (Å²) in [5.74, 6) is 0. The number of benzene rings is 2. The van der Waals surface area contributed by atoms with Gasteiger partial charge in [0.25, 0.3) is 0 Å². The number of aromatic nitrogens is 1. The van der Waals surface area contributed by atoms with Crippen LogP contribution in [-0.4, -0.2) is 4.98 Å². The summed E-state index contributed by atoms with van der Waals surface area (Å²) in [7, 11) is 0. The summed E-state index contributed by atoms with van der Waals surface area (Å²) in [6, 6.07) is 21.9. The number of rotatable bonds is 3. The molecule has 0 fully saturated rings. The maximum Gasteiger partial charge on any atom is 0.0346 e. The molecule has 1 unspecified atom stereocenters. The third-order valence-electron chi connectivity index (χ3n) is 4.91. The van der Waals surface area contributed by atoms with Crippen molar-refractivity contribution >= 4 is 0 Å². The molecule has 0 bridgehead atoms. The lowest BCUT2D eigenvalue weighted by molar-refractivity contribution is 0.343. The van der Waals surface area contributed by atoms with E-state index in [1.165, 1.54) is 34.2 Å². The molecule has 1 nitrogen and oxygen atoms in total. The zero-order valence-electron chi connectivity index (χ0n) is 13.5. The third kappa shape index (κ3) is 2.92. The summed E-state index contributed by atoms with van der Waals surface area (Å²) in [4.78, 5) is 4.24. The smallest absolute Gasteiger partial charge is 0.0346 e. The first-order chi connectivity index (χ1) is 11.2. The normalized spacial score (nSPS) is 19.5. The van der Waals surface area contributed by atoms with Crippen LogP contribution in [0.2, 0.25) is 0 Å². The van der Waals surface area contributed by atoms with Gasteiger partial charge in [-0.3, -0.25) is 4.98 Å². The Balaban J connectivity index is 1.60. The minimum absolute atomic E-state index is 0.331. The van der Waals surface area contributed by atoms with Gasteiger partial charge in [-0.2, -0.15) is 0 Å². The first-order valence-electron chi connectivity index (χ1n) is 8.28. The zero-order chi connectivity index (χ0) is 15.7. The van der Waals surface area contributed by atoms with Crippen molar-refractivity contribution in [3.8, 4) is 11.1 Å². The van der Waals surface area contributed by atoms with Gasteiger partial charge in [-0.25, -0.2) is 0 Å². The SMILES string of the molecule is CC1(Cc2ccccc2)Cc2ccc(-c3cccnc3)cc2C1. The lowest BCUT2D eigenvalue weighted by Crippen LogP contribution is -2.19. The predicted octanol–water partition coefficient (Wildman–Crippen LogP) is 5.10. The van der Waals surface area contributed by atoms with Gasteiger partial charge < -0.3 is 0 Å². The Morgan fingerprint density at radius 3 is 2.48 bits per heavy atom. The second kappa shape index (κ2) is 5.66. The van der Waals surface area contributed by atoms with Gasteiger partial charge in [0.2, 0.25) is 0 Å². The van der Waals surface area contributed by atoms with E-state index in [-0.39, 0.29) is 0 Å². The van der Waals surface area contributed by atoms with E-state index >= 15 is 0 Å². The number of nitrogens with zero attached hydrogens (tertiary/aromatic N) is 1. The molecule has 114 valence electrons. The van der Waals surface area contributed by atoms with Gasteiger partial charge in [0.05, 0.1) is 0 Å². The standard InChI is InChI=1S/C22H21N/c1-22(13-17-6-3-2-4-7-17)14-19-10-9-18(12-21(19)15-22)20-8-5-11-23-16-20/h2-12,16H,13-15H2,1H3. The van der Waals surface area contributed by atoms with Crippen LogP contribution in [0, 0.1) is 5.41 Å². The quantitative estimate of drug-likeness (QED) is 0.656. The van der Waals surface area contributed by atoms with E-state index in [1.807, 2.05) is 18.5 Å². The summed E-state index contributed by atoms with van der Waals surface area (Å²) in [6.45, 7) is 2.42. The molecule has 1 aromatic heterocycles. The van der Waals surface area contributed by atoms with Gasteiger partial charge in [0.15, 0.2) is 0 Å². The summed E-state index contributed by atoms with van der Waals surface area (Å²) >= 11 is 0. The minimum atomic E-state index is 0.331. The summed E-state index contributed by atoms with van der Waals surface area (Å²) in [5.41, 5.74) is 7.26. The Labute approximate surface area is 138 Å². The monoisotopic (exact) mass is 299 g/mol. The molecule has 4 rings (SSSR count). The van der Waals surface area contributed by atoms with Gasteiger partial charge in [-0.05, 0) is 58.6 Å². The van der Waals surface area contributed by atoms with Crippen LogP contribution in [-0.2, 0) is 19.3 Å². The molecular weight excluding hydrogens is 278 g/mol. The fourth-order valence-electron chi connectivity index (χ4n) is 3.87. The number of hydrogen-bond acceptors (Lipinski definition) is 1. The second-order valence-corrected chi connectivity index (χ2v) is 7.05. The van der Waals surface area contributed by atoms with Crippen LogP contribution in [0.5, 0.6) is 0 Å². The largest absolute Gasteiger partial charge is 0.264 e. The van der Waals surface area contributed by atoms with Crippen molar-refractivity contribution < 1.29 is 0 Å². The van der Waals surface area contributed by atoms with Crippen molar-refractivity contribution in [3.63, 3.8) is 0 Å². The van der Waals surface area contributed by atoms with E-state index in [2.05, 4.69) is 66.5 Å². The highest BCUT2D eigenvalue weighted by atomic mass is 14.6. The van der Waals surface area contributed by atoms with Crippen molar-refractivity contribution in [2.24, 2.45) is 5.41 Å². The zero-order valence-corrected chi connectivity index (χ0v) is 13.5.